The second kappa shape index (κ2) is 12.9. The van der Waals surface area contributed by atoms with Crippen molar-refractivity contribution in [1.29, 1.82) is 0 Å². The monoisotopic (exact) mass is 654 g/mol. The molecule has 47 heavy (non-hydrogen) atoms. The number of carbonyl (C=O) groups excluding carboxylic acids is 3. The number of likely N-dealkylation sites (tertiary alicyclic amines) is 2. The number of nitrogens with zero attached hydrogens (tertiary/aromatic N) is 4. The third kappa shape index (κ3) is 5.76. The zero-order valence-electron chi connectivity index (χ0n) is 29.6. The van der Waals surface area contributed by atoms with Gasteiger partial charge in [-0.05, 0) is 117 Å². The molecule has 3 saturated heterocycles. The zero-order chi connectivity index (χ0) is 33.2. The topological polar surface area (TPSA) is 105 Å². The lowest BCUT2D eigenvalue weighted by atomic mass is 9.44. The van der Waals surface area contributed by atoms with Crippen molar-refractivity contribution in [2.45, 2.75) is 141 Å². The highest BCUT2D eigenvalue weighted by Crippen LogP contribution is 2.66. The van der Waals surface area contributed by atoms with Crippen LogP contribution in [0.1, 0.15) is 111 Å². The number of hydrogen-bond acceptors (Lipinski definition) is 6. The number of fused-ring (bicyclic) bond motifs is 5. The summed E-state index contributed by atoms with van der Waals surface area (Å²) in [5.74, 6) is 2.89. The molecule has 11 atom stereocenters. The number of hydrogen-bond donors (Lipinski definition) is 2. The standard InChI is InChI=1S/C38H62N4O5/c1-24(2)21-34(45)41-15-5-8-30(41)36(47)42-16-6-7-29(42)35(46)40-19-17-39(18-20-40)31-23-38(4)25(22-32(31)43)9-10-26-27-11-12-33(44)37(27,3)14-13-28(26)38/h24-33,43-44H,5-23H2,1-4H3/t25-,26-,27-,28-,29-,30-,31-,32-,33-,37-,38-/m0/s1. The van der Waals surface area contributed by atoms with Gasteiger partial charge >= 0.3 is 0 Å². The van der Waals surface area contributed by atoms with Gasteiger partial charge in [-0.15, -0.1) is 0 Å². The van der Waals surface area contributed by atoms with Gasteiger partial charge in [-0.25, -0.2) is 0 Å². The molecule has 9 nitrogen and oxygen atoms in total. The fraction of sp³-hybridized carbons (Fsp3) is 0.921. The van der Waals surface area contributed by atoms with E-state index >= 15 is 0 Å². The molecule has 0 aromatic carbocycles. The Kier molecular flexibility index (Phi) is 9.25. The second-order valence-electron chi connectivity index (χ2n) is 17.8. The molecular formula is C38H62N4O5. The first-order valence-electron chi connectivity index (χ1n) is 19.4. The molecule has 3 heterocycles. The van der Waals surface area contributed by atoms with Crippen molar-refractivity contribution in [3.63, 3.8) is 0 Å². The summed E-state index contributed by atoms with van der Waals surface area (Å²) in [6.45, 7) is 13.0. The molecule has 7 aliphatic rings. The van der Waals surface area contributed by atoms with Crippen LogP contribution in [-0.4, -0.2) is 117 Å². The van der Waals surface area contributed by atoms with E-state index in [2.05, 4.69) is 18.7 Å². The van der Waals surface area contributed by atoms with Crippen LogP contribution in [0.3, 0.4) is 0 Å². The molecule has 3 amide bonds. The Balaban J connectivity index is 0.975. The van der Waals surface area contributed by atoms with Gasteiger partial charge in [-0.2, -0.15) is 0 Å². The fourth-order valence-corrected chi connectivity index (χ4v) is 12.4. The third-order valence-corrected chi connectivity index (χ3v) is 15.0. The van der Waals surface area contributed by atoms with E-state index in [9.17, 15) is 24.6 Å². The summed E-state index contributed by atoms with van der Waals surface area (Å²) < 4.78 is 0. The Bertz CT molecular complexity index is 1200. The van der Waals surface area contributed by atoms with Gasteiger partial charge in [-0.3, -0.25) is 19.3 Å². The fourth-order valence-electron chi connectivity index (χ4n) is 12.4. The molecule has 7 rings (SSSR count). The van der Waals surface area contributed by atoms with Crippen molar-refractivity contribution in [3.8, 4) is 0 Å². The predicted molar refractivity (Wildman–Crippen MR) is 180 cm³/mol. The summed E-state index contributed by atoms with van der Waals surface area (Å²) >= 11 is 0. The largest absolute Gasteiger partial charge is 0.393 e. The van der Waals surface area contributed by atoms with Crippen molar-refractivity contribution in [3.05, 3.63) is 0 Å². The summed E-state index contributed by atoms with van der Waals surface area (Å²) in [6, 6.07) is -0.738. The summed E-state index contributed by atoms with van der Waals surface area (Å²) in [7, 11) is 0. The minimum atomic E-state index is -0.430. The lowest BCUT2D eigenvalue weighted by Gasteiger charge is -2.62. The Morgan fingerprint density at radius 3 is 2.11 bits per heavy atom. The summed E-state index contributed by atoms with van der Waals surface area (Å²) in [4.78, 5) is 48.7. The summed E-state index contributed by atoms with van der Waals surface area (Å²) in [6.07, 6.45) is 11.8. The molecule has 0 spiro atoms. The SMILES string of the molecule is CC(C)CC(=O)N1CCC[C@H]1C(=O)N1CCC[C@H]1C(=O)N1CCN([C@H]2C[C@@]3(C)[C@@H](CC[C@@H]4[C@@H]3CC[C@]3(C)[C@@H](O)CC[C@@H]43)C[C@@H]2O)CC1. The normalized spacial score (nSPS) is 44.0. The zero-order valence-corrected chi connectivity index (χ0v) is 29.6. The molecule has 4 aliphatic carbocycles. The molecule has 0 unspecified atom stereocenters. The first kappa shape index (κ1) is 33.8. The van der Waals surface area contributed by atoms with Crippen LogP contribution in [0.25, 0.3) is 0 Å². The first-order chi connectivity index (χ1) is 22.4. The van der Waals surface area contributed by atoms with Crippen molar-refractivity contribution < 1.29 is 24.6 Å². The van der Waals surface area contributed by atoms with E-state index in [4.69, 9.17) is 0 Å². The van der Waals surface area contributed by atoms with Gasteiger partial charge in [0.1, 0.15) is 12.1 Å². The molecule has 7 fully saturated rings. The van der Waals surface area contributed by atoms with Crippen LogP contribution in [-0.2, 0) is 14.4 Å². The van der Waals surface area contributed by atoms with Crippen molar-refractivity contribution >= 4 is 17.7 Å². The van der Waals surface area contributed by atoms with E-state index in [-0.39, 0.29) is 52.7 Å². The van der Waals surface area contributed by atoms with Gasteiger partial charge in [0.25, 0.3) is 0 Å². The van der Waals surface area contributed by atoms with Crippen molar-refractivity contribution in [2.24, 2.45) is 40.4 Å². The molecule has 0 aromatic rings. The maximum atomic E-state index is 13.9. The van der Waals surface area contributed by atoms with E-state index < -0.39 is 12.1 Å². The number of carbonyl (C=O) groups is 3. The molecule has 0 bridgehead atoms. The molecule has 4 saturated carbocycles. The Morgan fingerprint density at radius 2 is 1.40 bits per heavy atom. The molecule has 9 heteroatoms. The second-order valence-corrected chi connectivity index (χ2v) is 17.8. The molecular weight excluding hydrogens is 592 g/mol. The van der Waals surface area contributed by atoms with Crippen LogP contribution in [0, 0.1) is 40.4 Å². The summed E-state index contributed by atoms with van der Waals surface area (Å²) in [5, 5.41) is 22.4. The number of amides is 3. The Morgan fingerprint density at radius 1 is 0.745 bits per heavy atom. The maximum absolute atomic E-state index is 13.9. The van der Waals surface area contributed by atoms with Crippen LogP contribution in [0.5, 0.6) is 0 Å². The minimum Gasteiger partial charge on any atom is -0.393 e. The van der Waals surface area contributed by atoms with Crippen LogP contribution in [0.2, 0.25) is 0 Å². The first-order valence-corrected chi connectivity index (χ1v) is 19.4. The molecule has 264 valence electrons. The molecule has 0 aromatic heterocycles. The van der Waals surface area contributed by atoms with E-state index in [1.54, 1.807) is 9.80 Å². The van der Waals surface area contributed by atoms with Gasteiger partial charge in [0, 0.05) is 51.7 Å². The van der Waals surface area contributed by atoms with Crippen molar-refractivity contribution in [1.82, 2.24) is 19.6 Å². The number of aliphatic hydroxyl groups is 2. The minimum absolute atomic E-state index is 0.0388. The lowest BCUT2D eigenvalue weighted by molar-refractivity contribution is -0.158. The molecule has 0 radical (unpaired) electrons. The van der Waals surface area contributed by atoms with Crippen LogP contribution in [0.15, 0.2) is 0 Å². The predicted octanol–water partition coefficient (Wildman–Crippen LogP) is 3.90. The van der Waals surface area contributed by atoms with Gasteiger partial charge in [0.05, 0.1) is 12.2 Å². The quantitative estimate of drug-likeness (QED) is 0.466. The van der Waals surface area contributed by atoms with E-state index in [0.717, 1.165) is 51.6 Å². The van der Waals surface area contributed by atoms with Crippen LogP contribution < -0.4 is 0 Å². The molecule has 2 N–H and O–H groups in total. The number of piperazine rings is 1. The average molecular weight is 655 g/mol. The summed E-state index contributed by atoms with van der Waals surface area (Å²) in [5.41, 5.74) is 0.298. The van der Waals surface area contributed by atoms with Gasteiger partial charge in [0.15, 0.2) is 0 Å². The highest BCUT2D eigenvalue weighted by atomic mass is 16.3. The van der Waals surface area contributed by atoms with E-state index in [1.165, 1.54) is 25.7 Å². The van der Waals surface area contributed by atoms with Gasteiger partial charge < -0.3 is 24.9 Å². The van der Waals surface area contributed by atoms with Gasteiger partial charge in [0.2, 0.25) is 17.7 Å². The van der Waals surface area contributed by atoms with E-state index in [1.807, 2.05) is 18.7 Å². The maximum Gasteiger partial charge on any atom is 0.246 e. The highest BCUT2D eigenvalue weighted by Gasteiger charge is 2.61. The average Bonchev–Trinajstić information content (AvgIpc) is 3.80. The highest BCUT2D eigenvalue weighted by molar-refractivity contribution is 5.93. The Labute approximate surface area is 282 Å². The molecule has 3 aliphatic heterocycles. The van der Waals surface area contributed by atoms with Gasteiger partial charge in [-0.1, -0.05) is 27.7 Å². The van der Waals surface area contributed by atoms with Crippen molar-refractivity contribution in [2.75, 3.05) is 39.3 Å². The smallest absolute Gasteiger partial charge is 0.246 e. The number of rotatable bonds is 5. The number of aliphatic hydroxyl groups excluding tert-OH is 2. The van der Waals surface area contributed by atoms with Crippen LogP contribution in [0.4, 0.5) is 0 Å². The van der Waals surface area contributed by atoms with Crippen LogP contribution >= 0.6 is 0 Å². The Hall–Kier alpha value is -1.71. The third-order valence-electron chi connectivity index (χ3n) is 15.0. The lowest BCUT2D eigenvalue weighted by Crippen LogP contribution is -2.63. The van der Waals surface area contributed by atoms with E-state index in [0.29, 0.717) is 69.1 Å².